The predicted molar refractivity (Wildman–Crippen MR) is 95.3 cm³/mol. The quantitative estimate of drug-likeness (QED) is 0.568. The Hall–Kier alpha value is -1.78. The first-order valence-electron chi connectivity index (χ1n) is 6.66. The van der Waals surface area contributed by atoms with Gasteiger partial charge in [0.15, 0.2) is 0 Å². The second kappa shape index (κ2) is 6.99. The third-order valence-corrected chi connectivity index (χ3v) is 4.95. The van der Waals surface area contributed by atoms with E-state index in [1.165, 1.54) is 0 Å². The summed E-state index contributed by atoms with van der Waals surface area (Å²) in [4.78, 5) is 25.2. The number of fused-ring (bicyclic) bond motifs is 1. The van der Waals surface area contributed by atoms with Gasteiger partial charge in [0.25, 0.3) is 0 Å². The topological polar surface area (TPSA) is 34.1 Å². The van der Waals surface area contributed by atoms with Crippen molar-refractivity contribution in [2.45, 2.75) is 23.6 Å². The highest BCUT2D eigenvalue weighted by Crippen LogP contribution is 2.29. The van der Waals surface area contributed by atoms with Crippen LogP contribution >= 0.6 is 23.5 Å². The van der Waals surface area contributed by atoms with Crippen LogP contribution < -0.4 is 0 Å². The van der Waals surface area contributed by atoms with E-state index in [2.05, 4.69) is 13.2 Å². The smallest absolute Gasteiger partial charge is 0.219 e. The second-order valence-electron chi connectivity index (χ2n) is 5.01. The Morgan fingerprint density at radius 1 is 0.773 bits per heavy atom. The van der Waals surface area contributed by atoms with Crippen molar-refractivity contribution in [3.05, 3.63) is 60.7 Å². The van der Waals surface area contributed by atoms with Gasteiger partial charge in [0.1, 0.15) is 0 Å². The molecule has 112 valence electrons. The van der Waals surface area contributed by atoms with Crippen molar-refractivity contribution in [3.8, 4) is 0 Å². The van der Waals surface area contributed by atoms with Gasteiger partial charge in [-0.3, -0.25) is 9.59 Å². The van der Waals surface area contributed by atoms with Crippen molar-refractivity contribution in [1.82, 2.24) is 0 Å². The Kier molecular flexibility index (Phi) is 5.27. The Bertz CT molecular complexity index is 728. The lowest BCUT2D eigenvalue weighted by molar-refractivity contribution is -0.108. The fraction of sp³-hybridized carbons (Fsp3) is 0.111. The lowest BCUT2D eigenvalue weighted by atomic mass is 10.1. The largest absolute Gasteiger partial charge is 0.282 e. The molecule has 0 aliphatic rings. The fourth-order valence-electron chi connectivity index (χ4n) is 1.72. The van der Waals surface area contributed by atoms with Crippen LogP contribution in [0.3, 0.4) is 0 Å². The molecule has 0 atom stereocenters. The van der Waals surface area contributed by atoms with Gasteiger partial charge in [-0.2, -0.15) is 0 Å². The number of thioether (sulfide) groups is 2. The molecule has 2 aromatic carbocycles. The summed E-state index contributed by atoms with van der Waals surface area (Å²) in [5.41, 5.74) is 1.06. The van der Waals surface area contributed by atoms with Gasteiger partial charge < -0.3 is 0 Å². The van der Waals surface area contributed by atoms with Crippen molar-refractivity contribution in [3.63, 3.8) is 0 Å². The van der Waals surface area contributed by atoms with Gasteiger partial charge >= 0.3 is 0 Å². The predicted octanol–water partition coefficient (Wildman–Crippen LogP) is 5.23. The zero-order chi connectivity index (χ0) is 16.3. The van der Waals surface area contributed by atoms with Crippen LogP contribution in [0.25, 0.3) is 10.8 Å². The molecule has 0 amide bonds. The van der Waals surface area contributed by atoms with Crippen molar-refractivity contribution in [1.29, 1.82) is 0 Å². The standard InChI is InChI=1S/C18H16O2S2/c1-11(2)17(19)21-15-7-5-13-6-8-16(10-14(13)9-15)22-18(20)12(3)4/h5-10H,1,3H2,2,4H3. The van der Waals surface area contributed by atoms with E-state index in [1.807, 2.05) is 36.4 Å². The zero-order valence-electron chi connectivity index (χ0n) is 12.5. The van der Waals surface area contributed by atoms with Crippen molar-refractivity contribution in [2.24, 2.45) is 0 Å². The van der Waals surface area contributed by atoms with E-state index in [0.717, 1.165) is 44.1 Å². The summed E-state index contributed by atoms with van der Waals surface area (Å²) in [6.07, 6.45) is 0. The number of carbonyl (C=O) groups is 2. The molecular formula is C18H16O2S2. The Balaban J connectivity index is 2.30. The molecule has 0 spiro atoms. The van der Waals surface area contributed by atoms with Gasteiger partial charge in [-0.25, -0.2) is 0 Å². The SMILES string of the molecule is C=C(C)C(=O)Sc1ccc2ccc(SC(=O)C(=C)C)cc2c1. The highest BCUT2D eigenvalue weighted by molar-refractivity contribution is 8.14. The van der Waals surface area contributed by atoms with Crippen LogP contribution in [0.1, 0.15) is 13.8 Å². The molecule has 2 aromatic rings. The maximum atomic E-state index is 11.7. The first kappa shape index (κ1) is 16.6. The van der Waals surface area contributed by atoms with E-state index in [0.29, 0.717) is 11.1 Å². The molecule has 0 saturated carbocycles. The first-order chi connectivity index (χ1) is 10.4. The fourth-order valence-corrected chi connectivity index (χ4v) is 3.14. The summed E-state index contributed by atoms with van der Waals surface area (Å²) < 4.78 is 0. The van der Waals surface area contributed by atoms with Gasteiger partial charge in [0.2, 0.25) is 10.2 Å². The molecular weight excluding hydrogens is 312 g/mol. The van der Waals surface area contributed by atoms with Crippen LogP contribution in [0.4, 0.5) is 0 Å². The van der Waals surface area contributed by atoms with E-state index < -0.39 is 0 Å². The van der Waals surface area contributed by atoms with E-state index >= 15 is 0 Å². The normalized spacial score (nSPS) is 10.5. The molecule has 0 heterocycles. The monoisotopic (exact) mass is 328 g/mol. The van der Waals surface area contributed by atoms with E-state index in [-0.39, 0.29) is 10.2 Å². The summed E-state index contributed by atoms with van der Waals surface area (Å²) in [6, 6.07) is 11.7. The van der Waals surface area contributed by atoms with E-state index in [1.54, 1.807) is 13.8 Å². The molecule has 4 heteroatoms. The Labute approximate surface area is 138 Å². The van der Waals surface area contributed by atoms with E-state index in [4.69, 9.17) is 0 Å². The highest BCUT2D eigenvalue weighted by atomic mass is 32.2. The molecule has 0 N–H and O–H groups in total. The molecule has 2 nitrogen and oxygen atoms in total. The van der Waals surface area contributed by atoms with Crippen LogP contribution in [0.5, 0.6) is 0 Å². The summed E-state index contributed by atoms with van der Waals surface area (Å²) in [5, 5.41) is 1.99. The minimum Gasteiger partial charge on any atom is -0.282 e. The Morgan fingerprint density at radius 2 is 1.18 bits per heavy atom. The van der Waals surface area contributed by atoms with Gasteiger partial charge in [0, 0.05) is 9.79 Å². The lowest BCUT2D eigenvalue weighted by Crippen LogP contribution is -1.92. The average molecular weight is 328 g/mol. The van der Waals surface area contributed by atoms with Crippen LogP contribution in [-0.4, -0.2) is 10.2 Å². The van der Waals surface area contributed by atoms with Crippen molar-refractivity contribution < 1.29 is 9.59 Å². The van der Waals surface area contributed by atoms with Crippen LogP contribution in [0, 0.1) is 0 Å². The molecule has 0 unspecified atom stereocenters. The minimum absolute atomic E-state index is 0.0395. The maximum absolute atomic E-state index is 11.7. The van der Waals surface area contributed by atoms with Gasteiger partial charge in [-0.05, 0) is 83.6 Å². The molecule has 0 aliphatic carbocycles. The third kappa shape index (κ3) is 4.12. The second-order valence-corrected chi connectivity index (χ2v) is 7.10. The van der Waals surface area contributed by atoms with Crippen LogP contribution in [0.15, 0.2) is 70.5 Å². The minimum atomic E-state index is -0.0395. The van der Waals surface area contributed by atoms with Crippen molar-refractivity contribution in [2.75, 3.05) is 0 Å². The van der Waals surface area contributed by atoms with Crippen molar-refractivity contribution >= 4 is 44.5 Å². The third-order valence-electron chi connectivity index (χ3n) is 2.90. The van der Waals surface area contributed by atoms with Crippen LogP contribution in [0.2, 0.25) is 0 Å². The molecule has 0 radical (unpaired) electrons. The van der Waals surface area contributed by atoms with Gasteiger partial charge in [0.05, 0.1) is 0 Å². The summed E-state index contributed by atoms with van der Waals surface area (Å²) >= 11 is 2.33. The molecule has 22 heavy (non-hydrogen) atoms. The number of carbonyl (C=O) groups excluding carboxylic acids is 2. The summed E-state index contributed by atoms with van der Waals surface area (Å²) in [6.45, 7) is 10.7. The number of hydrogen-bond donors (Lipinski definition) is 0. The number of rotatable bonds is 4. The summed E-state index contributed by atoms with van der Waals surface area (Å²) in [5.74, 6) is 0. The molecule has 0 aliphatic heterocycles. The number of hydrogen-bond acceptors (Lipinski definition) is 4. The Morgan fingerprint density at radius 3 is 1.55 bits per heavy atom. The molecule has 0 aromatic heterocycles. The first-order valence-corrected chi connectivity index (χ1v) is 8.29. The van der Waals surface area contributed by atoms with Gasteiger partial charge in [-0.15, -0.1) is 0 Å². The zero-order valence-corrected chi connectivity index (χ0v) is 14.1. The molecule has 0 fully saturated rings. The maximum Gasteiger partial charge on any atom is 0.219 e. The van der Waals surface area contributed by atoms with Gasteiger partial charge in [-0.1, -0.05) is 25.3 Å². The summed E-state index contributed by atoms with van der Waals surface area (Å²) in [7, 11) is 0. The van der Waals surface area contributed by atoms with Crippen LogP contribution in [-0.2, 0) is 9.59 Å². The highest BCUT2D eigenvalue weighted by Gasteiger charge is 2.08. The average Bonchev–Trinajstić information content (AvgIpc) is 2.46. The molecule has 0 bridgehead atoms. The lowest BCUT2D eigenvalue weighted by Gasteiger charge is -2.05. The molecule has 0 saturated heterocycles. The molecule has 2 rings (SSSR count). The van der Waals surface area contributed by atoms with E-state index in [9.17, 15) is 9.59 Å². The number of benzene rings is 2.